The van der Waals surface area contributed by atoms with Gasteiger partial charge in [0.05, 0.1) is 5.69 Å². The van der Waals surface area contributed by atoms with Crippen LogP contribution in [0.1, 0.15) is 5.69 Å². The Balaban J connectivity index is 3.04. The Labute approximate surface area is 41.7 Å². The lowest BCUT2D eigenvalue weighted by molar-refractivity contribution is 0.817. The van der Waals surface area contributed by atoms with Gasteiger partial charge in [0.25, 0.3) is 0 Å². The first-order valence-electron chi connectivity index (χ1n) is 2.06. The van der Waals surface area contributed by atoms with E-state index in [1.165, 1.54) is 4.79 Å². The zero-order valence-electron chi connectivity index (χ0n) is 4.13. The van der Waals surface area contributed by atoms with Crippen molar-refractivity contribution in [3.8, 4) is 0 Å². The zero-order valence-corrected chi connectivity index (χ0v) is 4.13. The molecule has 2 N–H and O–H groups in total. The summed E-state index contributed by atoms with van der Waals surface area (Å²) in [4.78, 5) is 1.29. The van der Waals surface area contributed by atoms with Gasteiger partial charge in [-0.2, -0.15) is 9.89 Å². The Bertz CT molecular complexity index is 139. The molecule has 1 aromatic rings. The molecule has 38 valence electrons. The largest absolute Gasteiger partial charge is 0.323 e. The quantitative estimate of drug-likeness (QED) is 0.459. The molecule has 3 nitrogen and oxygen atoms in total. The van der Waals surface area contributed by atoms with Crippen LogP contribution in [0, 0.1) is 6.92 Å². The molecule has 0 bridgehead atoms. The Hall–Kier alpha value is -0.990. The minimum absolute atomic E-state index is 0.947. The van der Waals surface area contributed by atoms with Gasteiger partial charge in [0, 0.05) is 6.20 Å². The molecule has 3 heteroatoms. The number of aryl methyl sites for hydroxylation is 1. The number of hydrogen-bond donors (Lipinski definition) is 1. The van der Waals surface area contributed by atoms with Crippen molar-refractivity contribution in [3.05, 3.63) is 18.0 Å². The molecule has 0 unspecified atom stereocenters. The van der Waals surface area contributed by atoms with E-state index in [0.717, 1.165) is 5.69 Å². The molecular weight excluding hydrogens is 90.1 g/mol. The van der Waals surface area contributed by atoms with Crippen LogP contribution in [0.2, 0.25) is 0 Å². The minimum atomic E-state index is 0.947. The number of nitrogen functional groups attached to an aromatic ring is 1. The molecule has 0 spiro atoms. The van der Waals surface area contributed by atoms with Gasteiger partial charge < -0.3 is 5.84 Å². The molecule has 0 amide bonds. The second-order valence-corrected chi connectivity index (χ2v) is 1.44. The maximum atomic E-state index is 5.18. The van der Waals surface area contributed by atoms with Gasteiger partial charge >= 0.3 is 0 Å². The van der Waals surface area contributed by atoms with Crippen molar-refractivity contribution in [3.63, 3.8) is 0 Å². The third-order valence-corrected chi connectivity index (χ3v) is 0.742. The van der Waals surface area contributed by atoms with Crippen molar-refractivity contribution in [1.29, 1.82) is 0 Å². The molecule has 0 aliphatic rings. The summed E-state index contributed by atoms with van der Waals surface area (Å²) in [7, 11) is 0. The normalized spacial score (nSPS) is 9.29. The number of nitrogens with two attached hydrogens (primary N) is 1. The highest BCUT2D eigenvalue weighted by Crippen LogP contribution is 1.85. The minimum Gasteiger partial charge on any atom is -0.323 e. The van der Waals surface area contributed by atoms with Crippen LogP contribution in [0.15, 0.2) is 12.3 Å². The van der Waals surface area contributed by atoms with Crippen molar-refractivity contribution < 1.29 is 0 Å². The summed E-state index contributed by atoms with van der Waals surface area (Å²) in [6, 6.07) is 1.85. The van der Waals surface area contributed by atoms with Crippen molar-refractivity contribution in [1.82, 2.24) is 9.89 Å². The van der Waals surface area contributed by atoms with Crippen molar-refractivity contribution in [2.45, 2.75) is 6.92 Å². The van der Waals surface area contributed by atoms with E-state index in [1.807, 2.05) is 13.0 Å². The van der Waals surface area contributed by atoms with Gasteiger partial charge in [0.15, 0.2) is 0 Å². The van der Waals surface area contributed by atoms with Crippen LogP contribution in [0.4, 0.5) is 0 Å². The van der Waals surface area contributed by atoms with Crippen LogP contribution in [0.3, 0.4) is 0 Å². The Kier molecular flexibility index (Phi) is 0.749. The van der Waals surface area contributed by atoms with Crippen LogP contribution in [0.25, 0.3) is 0 Å². The average molecular weight is 97.1 g/mol. The smallest absolute Gasteiger partial charge is 0.0614 e. The van der Waals surface area contributed by atoms with Gasteiger partial charge in [-0.15, -0.1) is 0 Å². The molecule has 1 aromatic heterocycles. The molecule has 0 aromatic carbocycles. The molecule has 0 aliphatic heterocycles. The van der Waals surface area contributed by atoms with E-state index in [2.05, 4.69) is 5.10 Å². The van der Waals surface area contributed by atoms with Gasteiger partial charge in [-0.25, -0.2) is 0 Å². The number of aromatic nitrogens is 2. The SMILES string of the molecule is Cc1ccn(N)n1. The molecule has 0 radical (unpaired) electrons. The first kappa shape index (κ1) is 4.18. The number of hydrogen-bond acceptors (Lipinski definition) is 2. The van der Waals surface area contributed by atoms with E-state index in [4.69, 9.17) is 5.84 Å². The highest BCUT2D eigenvalue weighted by atomic mass is 15.5. The van der Waals surface area contributed by atoms with Gasteiger partial charge in [0.1, 0.15) is 0 Å². The standard InChI is InChI=1S/C4H7N3/c1-4-2-3-7(5)6-4/h2-3H,5H2,1H3. The van der Waals surface area contributed by atoms with Gasteiger partial charge in [-0.1, -0.05) is 0 Å². The first-order valence-corrected chi connectivity index (χ1v) is 2.06. The van der Waals surface area contributed by atoms with Crippen molar-refractivity contribution in [2.24, 2.45) is 0 Å². The lowest BCUT2D eigenvalue weighted by Gasteiger charge is -1.81. The Morgan fingerprint density at radius 2 is 2.57 bits per heavy atom. The summed E-state index contributed by atoms with van der Waals surface area (Å²) in [5, 5.41) is 3.81. The molecule has 1 rings (SSSR count). The average Bonchev–Trinajstić information content (AvgIpc) is 1.87. The highest BCUT2D eigenvalue weighted by Gasteiger charge is 1.82. The van der Waals surface area contributed by atoms with Gasteiger partial charge in [-0.05, 0) is 13.0 Å². The number of nitrogens with zero attached hydrogens (tertiary/aromatic N) is 2. The lowest BCUT2D eigenvalue weighted by atomic mass is 10.5. The fourth-order valence-electron chi connectivity index (χ4n) is 0.433. The van der Waals surface area contributed by atoms with E-state index < -0.39 is 0 Å². The van der Waals surface area contributed by atoms with E-state index in [9.17, 15) is 0 Å². The summed E-state index contributed by atoms with van der Waals surface area (Å²) < 4.78 is 0. The van der Waals surface area contributed by atoms with Crippen LogP contribution in [-0.4, -0.2) is 9.89 Å². The van der Waals surface area contributed by atoms with E-state index in [-0.39, 0.29) is 0 Å². The third-order valence-electron chi connectivity index (χ3n) is 0.742. The summed E-state index contributed by atoms with van der Waals surface area (Å²) >= 11 is 0. The fraction of sp³-hybridized carbons (Fsp3) is 0.250. The predicted octanol–water partition coefficient (Wildman–Crippen LogP) is -0.0947. The second-order valence-electron chi connectivity index (χ2n) is 1.44. The van der Waals surface area contributed by atoms with E-state index >= 15 is 0 Å². The summed E-state index contributed by atoms with van der Waals surface area (Å²) in [5.41, 5.74) is 0.947. The van der Waals surface area contributed by atoms with E-state index in [0.29, 0.717) is 0 Å². The maximum Gasteiger partial charge on any atom is 0.0614 e. The topological polar surface area (TPSA) is 43.8 Å². The Morgan fingerprint density at radius 3 is 2.71 bits per heavy atom. The van der Waals surface area contributed by atoms with Crippen LogP contribution in [0.5, 0.6) is 0 Å². The van der Waals surface area contributed by atoms with Crippen LogP contribution < -0.4 is 5.84 Å². The highest BCUT2D eigenvalue weighted by molar-refractivity contribution is 4.94. The third kappa shape index (κ3) is 0.707. The van der Waals surface area contributed by atoms with Crippen LogP contribution in [-0.2, 0) is 0 Å². The molecular formula is C4H7N3. The zero-order chi connectivity index (χ0) is 5.28. The molecule has 0 aliphatic carbocycles. The fourth-order valence-corrected chi connectivity index (χ4v) is 0.433. The first-order chi connectivity index (χ1) is 3.29. The van der Waals surface area contributed by atoms with Crippen LogP contribution >= 0.6 is 0 Å². The Morgan fingerprint density at radius 1 is 1.86 bits per heavy atom. The summed E-state index contributed by atoms with van der Waals surface area (Å²) in [6.07, 6.45) is 1.70. The van der Waals surface area contributed by atoms with Gasteiger partial charge in [-0.3, -0.25) is 0 Å². The summed E-state index contributed by atoms with van der Waals surface area (Å²) in [5.74, 6) is 5.18. The molecule has 0 fully saturated rings. The monoisotopic (exact) mass is 97.1 g/mol. The van der Waals surface area contributed by atoms with Crippen molar-refractivity contribution in [2.75, 3.05) is 5.84 Å². The second kappa shape index (κ2) is 1.26. The van der Waals surface area contributed by atoms with Crippen molar-refractivity contribution >= 4 is 0 Å². The maximum absolute atomic E-state index is 5.18. The predicted molar refractivity (Wildman–Crippen MR) is 27.1 cm³/mol. The molecule has 0 saturated carbocycles. The lowest BCUT2D eigenvalue weighted by Crippen LogP contribution is -2.07. The summed E-state index contributed by atoms with van der Waals surface area (Å²) in [6.45, 7) is 1.89. The number of rotatable bonds is 0. The van der Waals surface area contributed by atoms with E-state index in [1.54, 1.807) is 6.20 Å². The molecule has 1 heterocycles. The molecule has 7 heavy (non-hydrogen) atoms. The molecule has 0 saturated heterocycles. The van der Waals surface area contributed by atoms with Gasteiger partial charge in [0.2, 0.25) is 0 Å². The molecule has 0 atom stereocenters.